The summed E-state index contributed by atoms with van der Waals surface area (Å²) >= 11 is 0. The first kappa shape index (κ1) is 22.6. The van der Waals surface area contributed by atoms with E-state index in [0.717, 1.165) is 10.9 Å². The van der Waals surface area contributed by atoms with Crippen molar-refractivity contribution in [2.45, 2.75) is 26.0 Å². The molecule has 6 heteroatoms. The number of rotatable bonds is 6. The van der Waals surface area contributed by atoms with Crippen molar-refractivity contribution < 1.29 is 19.4 Å². The maximum atomic E-state index is 13.6. The van der Waals surface area contributed by atoms with E-state index in [1.165, 1.54) is 5.39 Å². The molecule has 4 aromatic carbocycles. The number of hydrogen-bond donors (Lipinski definition) is 2. The largest absolute Gasteiger partial charge is 0.478 e. The van der Waals surface area contributed by atoms with E-state index in [2.05, 4.69) is 36.5 Å². The standard InChI is InChI=1S/C29H26N2O4/c1-18-14-15-21(16-24(18)29(33)34)31-25-12-5-6-13-26(25)35-27(28(31)32)17-30-19(2)22-11-7-9-20-8-3-4-10-23(20)22/h3-16,19,27,30H,17H2,1-2H3,(H,33,34)/t19-,27?/m1/s1. The molecule has 1 heterocycles. The predicted molar refractivity (Wildman–Crippen MR) is 137 cm³/mol. The number of carboxylic acid groups (broad SMARTS) is 1. The third kappa shape index (κ3) is 4.24. The van der Waals surface area contributed by atoms with Crippen LogP contribution in [0.15, 0.2) is 84.9 Å². The molecular weight excluding hydrogens is 440 g/mol. The van der Waals surface area contributed by atoms with Gasteiger partial charge in [-0.05, 0) is 60.0 Å². The van der Waals surface area contributed by atoms with Crippen molar-refractivity contribution in [2.24, 2.45) is 0 Å². The van der Waals surface area contributed by atoms with Gasteiger partial charge >= 0.3 is 5.97 Å². The number of carbonyl (C=O) groups excluding carboxylic acids is 1. The molecule has 0 saturated heterocycles. The fraction of sp³-hybridized carbons (Fsp3) is 0.172. The molecule has 1 aliphatic heterocycles. The molecule has 0 aliphatic carbocycles. The third-order valence-electron chi connectivity index (χ3n) is 6.48. The molecule has 1 unspecified atom stereocenters. The fourth-order valence-electron chi connectivity index (χ4n) is 4.60. The quantitative estimate of drug-likeness (QED) is 0.385. The minimum Gasteiger partial charge on any atom is -0.478 e. The smallest absolute Gasteiger partial charge is 0.336 e. The number of para-hydroxylation sites is 2. The molecule has 6 nitrogen and oxygen atoms in total. The Bertz CT molecular complexity index is 1430. The van der Waals surface area contributed by atoms with E-state index in [1.807, 2.05) is 36.4 Å². The zero-order chi connectivity index (χ0) is 24.5. The Morgan fingerprint density at radius 3 is 2.60 bits per heavy atom. The minimum atomic E-state index is -1.03. The van der Waals surface area contributed by atoms with Gasteiger partial charge in [-0.15, -0.1) is 0 Å². The SMILES string of the molecule is Cc1ccc(N2C(=O)C(CN[C@H](C)c3cccc4ccccc34)Oc3ccccc32)cc1C(=O)O. The Labute approximate surface area is 203 Å². The first-order chi connectivity index (χ1) is 16.9. The average Bonchev–Trinajstić information content (AvgIpc) is 2.87. The van der Waals surface area contributed by atoms with Crippen LogP contribution in [-0.2, 0) is 4.79 Å². The Morgan fingerprint density at radius 1 is 1.03 bits per heavy atom. The molecule has 35 heavy (non-hydrogen) atoms. The van der Waals surface area contributed by atoms with Gasteiger partial charge in [0.2, 0.25) is 0 Å². The van der Waals surface area contributed by atoms with Crippen molar-refractivity contribution in [3.05, 3.63) is 102 Å². The van der Waals surface area contributed by atoms with Gasteiger partial charge in [0, 0.05) is 12.6 Å². The highest BCUT2D eigenvalue weighted by atomic mass is 16.5. The van der Waals surface area contributed by atoms with Crippen LogP contribution in [0.4, 0.5) is 11.4 Å². The van der Waals surface area contributed by atoms with E-state index in [0.29, 0.717) is 29.2 Å². The number of anilines is 2. The maximum Gasteiger partial charge on any atom is 0.336 e. The number of nitrogens with zero attached hydrogens (tertiary/aromatic N) is 1. The first-order valence-electron chi connectivity index (χ1n) is 11.6. The Morgan fingerprint density at radius 2 is 1.77 bits per heavy atom. The molecule has 1 amide bonds. The van der Waals surface area contributed by atoms with Crippen molar-refractivity contribution >= 4 is 34.0 Å². The van der Waals surface area contributed by atoms with E-state index in [1.54, 1.807) is 36.1 Å². The summed E-state index contributed by atoms with van der Waals surface area (Å²) in [5.74, 6) is -0.698. The number of nitrogens with one attached hydrogen (secondary N) is 1. The zero-order valence-electron chi connectivity index (χ0n) is 19.6. The number of carbonyl (C=O) groups is 2. The van der Waals surface area contributed by atoms with Gasteiger partial charge in [-0.3, -0.25) is 9.69 Å². The molecular formula is C29H26N2O4. The van der Waals surface area contributed by atoms with Gasteiger partial charge in [0.1, 0.15) is 5.75 Å². The van der Waals surface area contributed by atoms with Gasteiger partial charge in [0.15, 0.2) is 6.10 Å². The lowest BCUT2D eigenvalue weighted by atomic mass is 9.99. The van der Waals surface area contributed by atoms with Crippen molar-refractivity contribution in [1.82, 2.24) is 5.32 Å². The lowest BCUT2D eigenvalue weighted by Crippen LogP contribution is -2.48. The summed E-state index contributed by atoms with van der Waals surface area (Å²) in [6.45, 7) is 4.11. The molecule has 4 aromatic rings. The first-order valence-corrected chi connectivity index (χ1v) is 11.6. The Hall–Kier alpha value is -4.16. The molecule has 0 spiro atoms. The van der Waals surface area contributed by atoms with E-state index in [9.17, 15) is 14.7 Å². The van der Waals surface area contributed by atoms with Gasteiger partial charge in [-0.25, -0.2) is 4.79 Å². The third-order valence-corrected chi connectivity index (χ3v) is 6.48. The predicted octanol–water partition coefficient (Wildman–Crippen LogP) is 5.62. The van der Waals surface area contributed by atoms with Crippen LogP contribution >= 0.6 is 0 Å². The van der Waals surface area contributed by atoms with Crippen LogP contribution in [0.1, 0.15) is 34.5 Å². The van der Waals surface area contributed by atoms with Crippen LogP contribution in [0.5, 0.6) is 5.75 Å². The maximum absolute atomic E-state index is 13.6. The highest BCUT2D eigenvalue weighted by molar-refractivity contribution is 6.07. The van der Waals surface area contributed by atoms with Crippen LogP contribution in [0.2, 0.25) is 0 Å². The van der Waals surface area contributed by atoms with E-state index >= 15 is 0 Å². The number of aromatic carboxylic acids is 1. The van der Waals surface area contributed by atoms with Crippen molar-refractivity contribution in [3.63, 3.8) is 0 Å². The molecule has 0 saturated carbocycles. The topological polar surface area (TPSA) is 78.9 Å². The van der Waals surface area contributed by atoms with E-state index < -0.39 is 12.1 Å². The second kappa shape index (κ2) is 9.24. The fourth-order valence-corrected chi connectivity index (χ4v) is 4.60. The van der Waals surface area contributed by atoms with Crippen LogP contribution in [0.3, 0.4) is 0 Å². The highest BCUT2D eigenvalue weighted by Gasteiger charge is 2.35. The van der Waals surface area contributed by atoms with Crippen molar-refractivity contribution in [3.8, 4) is 5.75 Å². The monoisotopic (exact) mass is 466 g/mol. The van der Waals surface area contributed by atoms with Crippen molar-refractivity contribution in [2.75, 3.05) is 11.4 Å². The average molecular weight is 467 g/mol. The van der Waals surface area contributed by atoms with Crippen LogP contribution in [0.25, 0.3) is 10.8 Å². The summed E-state index contributed by atoms with van der Waals surface area (Å²) < 4.78 is 6.10. The number of hydrogen-bond acceptors (Lipinski definition) is 4. The van der Waals surface area contributed by atoms with Gasteiger partial charge in [0.25, 0.3) is 5.91 Å². The van der Waals surface area contributed by atoms with Gasteiger partial charge < -0.3 is 15.2 Å². The van der Waals surface area contributed by atoms with E-state index in [-0.39, 0.29) is 17.5 Å². The number of fused-ring (bicyclic) bond motifs is 2. The summed E-state index contributed by atoms with van der Waals surface area (Å²) in [4.78, 5) is 26.9. The number of benzene rings is 4. The lowest BCUT2D eigenvalue weighted by molar-refractivity contribution is -0.125. The second-order valence-electron chi connectivity index (χ2n) is 8.75. The van der Waals surface area contributed by atoms with Gasteiger partial charge in [-0.2, -0.15) is 0 Å². The lowest BCUT2D eigenvalue weighted by Gasteiger charge is -2.35. The number of aryl methyl sites for hydroxylation is 1. The Kier molecular flexibility index (Phi) is 5.97. The summed E-state index contributed by atoms with van der Waals surface area (Å²) in [7, 11) is 0. The van der Waals surface area contributed by atoms with Gasteiger partial charge in [-0.1, -0.05) is 60.7 Å². The minimum absolute atomic E-state index is 0.0129. The second-order valence-corrected chi connectivity index (χ2v) is 8.75. The van der Waals surface area contributed by atoms with Crippen LogP contribution in [0, 0.1) is 6.92 Å². The molecule has 2 N–H and O–H groups in total. The molecule has 176 valence electrons. The molecule has 0 aromatic heterocycles. The summed E-state index contributed by atoms with van der Waals surface area (Å²) in [6, 6.07) is 26.8. The zero-order valence-corrected chi connectivity index (χ0v) is 19.6. The van der Waals surface area contributed by atoms with Crippen LogP contribution < -0.4 is 15.0 Å². The van der Waals surface area contributed by atoms with Crippen LogP contribution in [-0.4, -0.2) is 29.6 Å². The normalized spacial score (nSPS) is 16.0. The molecule has 1 aliphatic rings. The highest BCUT2D eigenvalue weighted by Crippen LogP contribution is 2.39. The number of amides is 1. The summed E-state index contributed by atoms with van der Waals surface area (Å²) in [5, 5.41) is 15.4. The number of carboxylic acids is 1. The number of ether oxygens (including phenoxy) is 1. The van der Waals surface area contributed by atoms with Gasteiger partial charge in [0.05, 0.1) is 16.9 Å². The van der Waals surface area contributed by atoms with E-state index in [4.69, 9.17) is 4.74 Å². The molecule has 5 rings (SSSR count). The summed E-state index contributed by atoms with van der Waals surface area (Å²) in [5.41, 5.74) is 3.04. The molecule has 0 bridgehead atoms. The Balaban J connectivity index is 1.44. The molecule has 2 atom stereocenters. The molecule has 0 fully saturated rings. The summed E-state index contributed by atoms with van der Waals surface area (Å²) in [6.07, 6.45) is -0.767. The molecule has 0 radical (unpaired) electrons. The van der Waals surface area contributed by atoms with Crippen molar-refractivity contribution in [1.29, 1.82) is 0 Å².